The van der Waals surface area contributed by atoms with Gasteiger partial charge in [-0.1, -0.05) is 6.07 Å². The number of rotatable bonds is 7. The lowest BCUT2D eigenvalue weighted by Gasteiger charge is -2.23. The highest BCUT2D eigenvalue weighted by Crippen LogP contribution is 2.32. The summed E-state index contributed by atoms with van der Waals surface area (Å²) in [6.07, 6.45) is 2.11. The summed E-state index contributed by atoms with van der Waals surface area (Å²) in [5.41, 5.74) is 7.11. The van der Waals surface area contributed by atoms with E-state index in [1.165, 1.54) is 0 Å². The van der Waals surface area contributed by atoms with E-state index in [0.29, 0.717) is 35.5 Å². The van der Waals surface area contributed by atoms with Crippen LogP contribution in [0.4, 0.5) is 11.4 Å². The number of aromatic nitrogens is 1. The normalized spacial score (nSPS) is 12.4. The van der Waals surface area contributed by atoms with Crippen molar-refractivity contribution in [3.05, 3.63) is 52.8 Å². The van der Waals surface area contributed by atoms with E-state index in [2.05, 4.69) is 15.3 Å². The minimum absolute atomic E-state index is 0.281. The Kier molecular flexibility index (Phi) is 6.77. The molecule has 0 saturated carbocycles. The number of hydrogen-bond acceptors (Lipinski definition) is 6. The molecule has 0 aliphatic heterocycles. The van der Waals surface area contributed by atoms with E-state index in [-0.39, 0.29) is 11.6 Å². The molecule has 0 fully saturated rings. The zero-order valence-electron chi connectivity index (χ0n) is 17.7. The Bertz CT molecular complexity index is 909. The molecule has 1 amide bonds. The Balaban J connectivity index is 2.35. The molecular formula is C22H30N4O3. The van der Waals surface area contributed by atoms with Crippen LogP contribution in [0.3, 0.4) is 0 Å². The standard InChI is InChI=1S/C22H30N4O3/c1-14-7-6-8-18(25-14)20(27)26-19-11-15(13-24-10-9-21(2,3)28)17(23)12-16(19)22(4,5)29/h6-8,11-13,28-29H,9-10,23H2,1-5H3,(H,26,27). The monoisotopic (exact) mass is 398 g/mol. The molecule has 0 spiro atoms. The number of carbonyl (C=O) groups excluding carboxylic acids is 1. The predicted molar refractivity (Wildman–Crippen MR) is 116 cm³/mol. The van der Waals surface area contributed by atoms with Gasteiger partial charge in [-0.05, 0) is 65.3 Å². The summed E-state index contributed by atoms with van der Waals surface area (Å²) in [6, 6.07) is 8.52. The molecule has 7 heteroatoms. The molecule has 0 bridgehead atoms. The lowest BCUT2D eigenvalue weighted by Crippen LogP contribution is -2.22. The molecule has 0 saturated heterocycles. The average molecular weight is 399 g/mol. The third-order valence-corrected chi connectivity index (χ3v) is 4.33. The van der Waals surface area contributed by atoms with Crippen molar-refractivity contribution in [1.29, 1.82) is 0 Å². The van der Waals surface area contributed by atoms with Crippen molar-refractivity contribution in [1.82, 2.24) is 4.98 Å². The van der Waals surface area contributed by atoms with Gasteiger partial charge >= 0.3 is 0 Å². The van der Waals surface area contributed by atoms with E-state index in [1.54, 1.807) is 58.2 Å². The number of pyridine rings is 1. The summed E-state index contributed by atoms with van der Waals surface area (Å²) in [5.74, 6) is -0.381. The second-order valence-corrected chi connectivity index (χ2v) is 8.30. The molecule has 0 aliphatic carbocycles. The molecule has 2 aromatic rings. The van der Waals surface area contributed by atoms with Gasteiger partial charge in [-0.3, -0.25) is 9.79 Å². The van der Waals surface area contributed by atoms with Crippen molar-refractivity contribution in [2.45, 2.75) is 52.2 Å². The fraction of sp³-hybridized carbons (Fsp3) is 0.409. The van der Waals surface area contributed by atoms with Gasteiger partial charge in [0.05, 0.1) is 11.2 Å². The summed E-state index contributed by atoms with van der Waals surface area (Å²) >= 11 is 0. The molecule has 0 aliphatic rings. The van der Waals surface area contributed by atoms with E-state index >= 15 is 0 Å². The van der Waals surface area contributed by atoms with Crippen molar-refractivity contribution in [3.63, 3.8) is 0 Å². The van der Waals surface area contributed by atoms with Crippen molar-refractivity contribution in [2.24, 2.45) is 4.99 Å². The van der Waals surface area contributed by atoms with Gasteiger partial charge in [-0.2, -0.15) is 0 Å². The van der Waals surface area contributed by atoms with Crippen LogP contribution in [-0.4, -0.2) is 39.5 Å². The lowest BCUT2D eigenvalue weighted by atomic mass is 9.94. The molecule has 1 aromatic heterocycles. The van der Waals surface area contributed by atoms with E-state index in [4.69, 9.17) is 5.73 Å². The van der Waals surface area contributed by atoms with Crippen LogP contribution in [0.15, 0.2) is 35.3 Å². The smallest absolute Gasteiger partial charge is 0.274 e. The molecule has 2 rings (SSSR count). The maximum Gasteiger partial charge on any atom is 0.274 e. The molecule has 29 heavy (non-hydrogen) atoms. The average Bonchev–Trinajstić information content (AvgIpc) is 2.59. The molecule has 7 nitrogen and oxygen atoms in total. The zero-order valence-corrected chi connectivity index (χ0v) is 17.7. The first-order valence-corrected chi connectivity index (χ1v) is 9.50. The van der Waals surface area contributed by atoms with Crippen molar-refractivity contribution in [3.8, 4) is 0 Å². The summed E-state index contributed by atoms with van der Waals surface area (Å²) in [4.78, 5) is 21.2. The van der Waals surface area contributed by atoms with E-state index in [1.807, 2.05) is 13.0 Å². The second-order valence-electron chi connectivity index (χ2n) is 8.30. The summed E-state index contributed by atoms with van der Waals surface area (Å²) < 4.78 is 0. The van der Waals surface area contributed by atoms with E-state index in [9.17, 15) is 15.0 Å². The minimum Gasteiger partial charge on any atom is -0.398 e. The molecular weight excluding hydrogens is 368 g/mol. The van der Waals surface area contributed by atoms with Gasteiger partial charge in [-0.25, -0.2) is 4.98 Å². The van der Waals surface area contributed by atoms with Gasteiger partial charge in [0.2, 0.25) is 0 Å². The Labute approximate surface area is 171 Å². The first kappa shape index (κ1) is 22.5. The fourth-order valence-corrected chi connectivity index (χ4v) is 2.71. The van der Waals surface area contributed by atoms with Gasteiger partial charge in [0.15, 0.2) is 0 Å². The van der Waals surface area contributed by atoms with Crippen LogP contribution in [0.5, 0.6) is 0 Å². The van der Waals surface area contributed by atoms with Crippen LogP contribution in [0.2, 0.25) is 0 Å². The lowest BCUT2D eigenvalue weighted by molar-refractivity contribution is 0.0738. The maximum absolute atomic E-state index is 12.7. The third-order valence-electron chi connectivity index (χ3n) is 4.33. The molecule has 1 aromatic carbocycles. The van der Waals surface area contributed by atoms with Gasteiger partial charge in [0.1, 0.15) is 5.69 Å². The first-order valence-electron chi connectivity index (χ1n) is 9.50. The summed E-state index contributed by atoms with van der Waals surface area (Å²) in [6.45, 7) is 8.94. The summed E-state index contributed by atoms with van der Waals surface area (Å²) in [7, 11) is 0. The first-order chi connectivity index (χ1) is 13.4. The van der Waals surface area contributed by atoms with Gasteiger partial charge in [0.25, 0.3) is 5.91 Å². The van der Waals surface area contributed by atoms with Crippen LogP contribution in [0, 0.1) is 6.92 Å². The number of nitrogen functional groups attached to an aromatic ring is 1. The van der Waals surface area contributed by atoms with E-state index in [0.717, 1.165) is 5.69 Å². The largest absolute Gasteiger partial charge is 0.398 e. The highest BCUT2D eigenvalue weighted by atomic mass is 16.3. The predicted octanol–water partition coefficient (Wildman–Crippen LogP) is 3.03. The molecule has 0 atom stereocenters. The number of aliphatic hydroxyl groups is 2. The Morgan fingerprint density at radius 1 is 1.24 bits per heavy atom. The second kappa shape index (κ2) is 8.71. The van der Waals surface area contributed by atoms with Crippen molar-refractivity contribution < 1.29 is 15.0 Å². The van der Waals surface area contributed by atoms with Crippen molar-refractivity contribution >= 4 is 23.5 Å². The SMILES string of the molecule is Cc1cccc(C(=O)Nc2cc(C=NCCC(C)(C)O)c(N)cc2C(C)(C)O)n1. The molecule has 0 unspecified atom stereocenters. The van der Waals surface area contributed by atoms with Gasteiger partial charge in [0, 0.05) is 41.0 Å². The summed E-state index contributed by atoms with van der Waals surface area (Å²) in [5, 5.41) is 23.1. The Morgan fingerprint density at radius 2 is 1.93 bits per heavy atom. The highest BCUT2D eigenvalue weighted by molar-refractivity contribution is 6.04. The van der Waals surface area contributed by atoms with Crippen LogP contribution in [0.1, 0.15) is 61.4 Å². The number of carbonyl (C=O) groups is 1. The van der Waals surface area contributed by atoms with Gasteiger partial charge < -0.3 is 21.3 Å². The number of benzene rings is 1. The number of amides is 1. The zero-order chi connectivity index (χ0) is 21.8. The topological polar surface area (TPSA) is 121 Å². The van der Waals surface area contributed by atoms with Crippen LogP contribution >= 0.6 is 0 Å². The number of nitrogens with one attached hydrogen (secondary N) is 1. The molecule has 5 N–H and O–H groups in total. The molecule has 156 valence electrons. The van der Waals surface area contributed by atoms with Crippen LogP contribution in [-0.2, 0) is 5.60 Å². The van der Waals surface area contributed by atoms with Crippen LogP contribution in [0.25, 0.3) is 0 Å². The number of nitrogens with two attached hydrogens (primary N) is 1. The Morgan fingerprint density at radius 3 is 2.52 bits per heavy atom. The maximum atomic E-state index is 12.7. The number of nitrogens with zero attached hydrogens (tertiary/aromatic N) is 2. The highest BCUT2D eigenvalue weighted by Gasteiger charge is 2.23. The molecule has 0 radical (unpaired) electrons. The number of hydrogen-bond donors (Lipinski definition) is 4. The number of aliphatic imine (C=N–C) groups is 1. The quantitative estimate of drug-likeness (QED) is 0.422. The third kappa shape index (κ3) is 6.66. The minimum atomic E-state index is -1.21. The fourth-order valence-electron chi connectivity index (χ4n) is 2.71. The molecule has 1 heterocycles. The van der Waals surface area contributed by atoms with E-state index < -0.39 is 11.2 Å². The Hall–Kier alpha value is -2.77. The number of aryl methyl sites for hydroxylation is 1. The van der Waals surface area contributed by atoms with Crippen molar-refractivity contribution in [2.75, 3.05) is 17.6 Å². The van der Waals surface area contributed by atoms with Crippen LogP contribution < -0.4 is 11.1 Å². The number of anilines is 2. The van der Waals surface area contributed by atoms with Gasteiger partial charge in [-0.15, -0.1) is 0 Å².